The highest BCUT2D eigenvalue weighted by atomic mass is 35.5. The van der Waals surface area contributed by atoms with Crippen molar-refractivity contribution in [1.82, 2.24) is 15.1 Å². The van der Waals surface area contributed by atoms with Gasteiger partial charge in [0.15, 0.2) is 0 Å². The summed E-state index contributed by atoms with van der Waals surface area (Å²) in [5.41, 5.74) is 4.78. The first-order chi connectivity index (χ1) is 14.3. The van der Waals surface area contributed by atoms with Gasteiger partial charge in [0.25, 0.3) is 5.89 Å². The Bertz CT molecular complexity index is 1110. The molecule has 1 aliphatic carbocycles. The lowest BCUT2D eigenvalue weighted by Gasteiger charge is -2.13. The molecule has 0 aliphatic heterocycles. The lowest BCUT2D eigenvalue weighted by Crippen LogP contribution is -2.07. The maximum Gasteiger partial charge on any atom is 0.303 e. The first-order valence-corrected chi connectivity index (χ1v) is 10.2. The van der Waals surface area contributed by atoms with Gasteiger partial charge in [0.1, 0.15) is 11.1 Å². The van der Waals surface area contributed by atoms with Crippen LogP contribution in [0.25, 0.3) is 22.8 Å². The first-order valence-electron chi connectivity index (χ1n) is 9.79. The summed E-state index contributed by atoms with van der Waals surface area (Å²) in [4.78, 5) is 20.1. The predicted molar refractivity (Wildman–Crippen MR) is 111 cm³/mol. The van der Waals surface area contributed by atoms with Gasteiger partial charge < -0.3 is 14.0 Å². The maximum absolute atomic E-state index is 11.3. The first kappa shape index (κ1) is 20.3. The van der Waals surface area contributed by atoms with Gasteiger partial charge in [-0.3, -0.25) is 4.79 Å². The van der Waals surface area contributed by atoms with E-state index in [1.54, 1.807) is 12.3 Å². The molecule has 8 heteroatoms. The molecule has 2 aromatic heterocycles. The average molecular weight is 428 g/mol. The van der Waals surface area contributed by atoms with Crippen molar-refractivity contribution in [1.29, 1.82) is 0 Å². The third-order valence-corrected chi connectivity index (χ3v) is 5.29. The number of rotatable bonds is 5. The fraction of sp³-hybridized carbons (Fsp3) is 0.364. The summed E-state index contributed by atoms with van der Waals surface area (Å²) in [5.74, 6) is 0.912. The van der Waals surface area contributed by atoms with Crippen LogP contribution in [0.5, 0.6) is 5.88 Å². The lowest BCUT2D eigenvalue weighted by atomic mass is 9.98. The second-order valence-electron chi connectivity index (χ2n) is 7.54. The number of benzene rings is 1. The van der Waals surface area contributed by atoms with E-state index in [1.807, 2.05) is 32.9 Å². The Labute approximate surface area is 179 Å². The Hall–Kier alpha value is -2.93. The number of nitrogens with zero attached hydrogens (tertiary/aromatic N) is 3. The highest BCUT2D eigenvalue weighted by molar-refractivity contribution is 6.32. The maximum atomic E-state index is 11.3. The number of hydrogen-bond acceptors (Lipinski definition) is 7. The van der Waals surface area contributed by atoms with Crippen molar-refractivity contribution in [3.63, 3.8) is 0 Å². The van der Waals surface area contributed by atoms with E-state index >= 15 is 0 Å². The molecule has 0 saturated heterocycles. The van der Waals surface area contributed by atoms with E-state index in [2.05, 4.69) is 15.1 Å². The summed E-state index contributed by atoms with van der Waals surface area (Å²) in [7, 11) is 0. The van der Waals surface area contributed by atoms with Crippen molar-refractivity contribution in [3.8, 4) is 28.7 Å². The molecule has 1 aliphatic rings. The van der Waals surface area contributed by atoms with Crippen LogP contribution in [0, 0.1) is 6.92 Å². The molecule has 0 radical (unpaired) electrons. The third kappa shape index (κ3) is 3.89. The van der Waals surface area contributed by atoms with Crippen LogP contribution in [0.1, 0.15) is 50.0 Å². The summed E-state index contributed by atoms with van der Waals surface area (Å²) in [6.45, 7) is 7.27. The van der Waals surface area contributed by atoms with Crippen molar-refractivity contribution < 1.29 is 18.8 Å². The standard InChI is InChI=1S/C22H22ClN3O4/c1-11(2)28-22-18(23)9-14(10-24-22)21-25-20(26-30-21)16-5-6-17-15(12(16)3)7-8-19(17)29-13(4)27/h5-6,9-11,19H,7-8H2,1-4H3/t19-/m1/s1. The van der Waals surface area contributed by atoms with Gasteiger partial charge in [-0.1, -0.05) is 28.9 Å². The van der Waals surface area contributed by atoms with E-state index in [-0.39, 0.29) is 18.2 Å². The second kappa shape index (κ2) is 8.07. The van der Waals surface area contributed by atoms with Crippen LogP contribution in [0.3, 0.4) is 0 Å². The van der Waals surface area contributed by atoms with E-state index in [4.69, 9.17) is 25.6 Å². The monoisotopic (exact) mass is 427 g/mol. The van der Waals surface area contributed by atoms with Crippen molar-refractivity contribution in [2.45, 2.75) is 52.7 Å². The SMILES string of the molecule is CC(=O)O[C@@H]1CCc2c1ccc(-c1noc(-c3cnc(OC(C)C)c(Cl)c3)n1)c2C. The molecule has 7 nitrogen and oxygen atoms in total. The van der Waals surface area contributed by atoms with Crippen molar-refractivity contribution in [2.24, 2.45) is 0 Å². The Kier molecular flexibility index (Phi) is 5.47. The smallest absolute Gasteiger partial charge is 0.303 e. The predicted octanol–water partition coefficient (Wildman–Crippen LogP) is 5.10. The zero-order chi connectivity index (χ0) is 21.4. The molecular weight excluding hydrogens is 406 g/mol. The molecule has 0 saturated carbocycles. The molecule has 0 spiro atoms. The number of aromatic nitrogens is 3. The van der Waals surface area contributed by atoms with Gasteiger partial charge in [0.05, 0.1) is 11.7 Å². The summed E-state index contributed by atoms with van der Waals surface area (Å²) in [6, 6.07) is 5.61. The van der Waals surface area contributed by atoms with Gasteiger partial charge in [-0.2, -0.15) is 4.98 Å². The number of fused-ring (bicyclic) bond motifs is 1. The quantitative estimate of drug-likeness (QED) is 0.523. The van der Waals surface area contributed by atoms with E-state index in [9.17, 15) is 4.79 Å². The zero-order valence-electron chi connectivity index (χ0n) is 17.2. The topological polar surface area (TPSA) is 87.3 Å². The Morgan fingerprint density at radius 2 is 2.13 bits per heavy atom. The minimum absolute atomic E-state index is 0.0286. The molecule has 0 fully saturated rings. The molecule has 156 valence electrons. The molecule has 1 aromatic carbocycles. The summed E-state index contributed by atoms with van der Waals surface area (Å²) in [5, 5.41) is 4.52. The number of esters is 1. The highest BCUT2D eigenvalue weighted by Crippen LogP contribution is 2.39. The van der Waals surface area contributed by atoms with Crippen LogP contribution in [0.15, 0.2) is 28.9 Å². The van der Waals surface area contributed by atoms with E-state index in [0.717, 1.165) is 29.5 Å². The summed E-state index contributed by atoms with van der Waals surface area (Å²) in [6.07, 6.45) is 3.00. The third-order valence-electron chi connectivity index (χ3n) is 5.01. The van der Waals surface area contributed by atoms with Crippen LogP contribution >= 0.6 is 11.6 Å². The van der Waals surface area contributed by atoms with E-state index < -0.39 is 0 Å². The fourth-order valence-electron chi connectivity index (χ4n) is 3.71. The van der Waals surface area contributed by atoms with E-state index in [1.165, 1.54) is 12.5 Å². The van der Waals surface area contributed by atoms with Gasteiger partial charge in [-0.25, -0.2) is 4.98 Å². The Morgan fingerprint density at radius 3 is 2.83 bits per heavy atom. The van der Waals surface area contributed by atoms with Crippen molar-refractivity contribution in [3.05, 3.63) is 46.1 Å². The van der Waals surface area contributed by atoms with Gasteiger partial charge in [0.2, 0.25) is 11.7 Å². The van der Waals surface area contributed by atoms with Gasteiger partial charge in [0, 0.05) is 18.7 Å². The minimum Gasteiger partial charge on any atom is -0.474 e. The molecule has 4 rings (SSSR count). The fourth-order valence-corrected chi connectivity index (χ4v) is 3.92. The summed E-state index contributed by atoms with van der Waals surface area (Å²) >= 11 is 6.27. The van der Waals surface area contributed by atoms with Gasteiger partial charge in [-0.05, 0) is 56.4 Å². The second-order valence-corrected chi connectivity index (χ2v) is 7.95. The highest BCUT2D eigenvalue weighted by Gasteiger charge is 2.28. The minimum atomic E-state index is -0.269. The van der Waals surface area contributed by atoms with Crippen LogP contribution in [0.2, 0.25) is 5.02 Å². The van der Waals surface area contributed by atoms with Crippen LogP contribution in [-0.2, 0) is 16.0 Å². The Balaban J connectivity index is 1.62. The Morgan fingerprint density at radius 1 is 1.33 bits per heavy atom. The largest absolute Gasteiger partial charge is 0.474 e. The number of pyridine rings is 1. The van der Waals surface area contributed by atoms with Crippen LogP contribution in [0.4, 0.5) is 0 Å². The van der Waals surface area contributed by atoms with Crippen molar-refractivity contribution in [2.75, 3.05) is 0 Å². The lowest BCUT2D eigenvalue weighted by molar-refractivity contribution is -0.146. The molecule has 0 amide bonds. The molecule has 0 N–H and O–H groups in total. The van der Waals surface area contributed by atoms with Crippen LogP contribution < -0.4 is 4.74 Å². The molecule has 3 aromatic rings. The number of carbonyl (C=O) groups is 1. The van der Waals surface area contributed by atoms with Crippen molar-refractivity contribution >= 4 is 17.6 Å². The van der Waals surface area contributed by atoms with Gasteiger partial charge >= 0.3 is 5.97 Å². The number of ether oxygens (including phenoxy) is 2. The average Bonchev–Trinajstić information content (AvgIpc) is 3.31. The normalized spacial score (nSPS) is 15.3. The van der Waals surface area contributed by atoms with Gasteiger partial charge in [-0.15, -0.1) is 0 Å². The molecule has 0 unspecified atom stereocenters. The number of hydrogen-bond donors (Lipinski definition) is 0. The molecule has 2 heterocycles. The number of halogens is 1. The zero-order valence-corrected chi connectivity index (χ0v) is 18.0. The number of carbonyl (C=O) groups excluding carboxylic acids is 1. The van der Waals surface area contributed by atoms with E-state index in [0.29, 0.717) is 28.2 Å². The molecule has 1 atom stereocenters. The summed E-state index contributed by atoms with van der Waals surface area (Å²) < 4.78 is 16.4. The molecule has 0 bridgehead atoms. The van der Waals surface area contributed by atoms with Crippen LogP contribution in [-0.4, -0.2) is 27.2 Å². The molecule has 30 heavy (non-hydrogen) atoms. The molecular formula is C22H22ClN3O4.